The fourth-order valence-electron chi connectivity index (χ4n) is 2.23. The van der Waals surface area contributed by atoms with Crippen molar-refractivity contribution in [3.05, 3.63) is 60.2 Å². The minimum Gasteiger partial charge on any atom is -0.456 e. The van der Waals surface area contributed by atoms with Crippen LogP contribution in [0.4, 0.5) is 0 Å². The first-order valence-corrected chi connectivity index (χ1v) is 6.65. The lowest BCUT2D eigenvalue weighted by Gasteiger charge is -2.03. The number of furan rings is 1. The lowest BCUT2D eigenvalue weighted by atomic mass is 10.1. The standard InChI is InChI=1S/C17H17NO/c1-2-18-12-13-6-5-8-14(10-13)17-11-15-7-3-4-9-16(15)19-17/h3-11,18H,2,12H2,1H3. The summed E-state index contributed by atoms with van der Waals surface area (Å²) in [5, 5.41) is 4.49. The molecule has 1 N–H and O–H groups in total. The molecule has 2 aromatic carbocycles. The van der Waals surface area contributed by atoms with Gasteiger partial charge in [0.1, 0.15) is 11.3 Å². The van der Waals surface area contributed by atoms with Gasteiger partial charge in [-0.2, -0.15) is 0 Å². The Balaban J connectivity index is 1.96. The zero-order chi connectivity index (χ0) is 13.1. The quantitative estimate of drug-likeness (QED) is 0.751. The Kier molecular flexibility index (Phi) is 3.34. The van der Waals surface area contributed by atoms with Gasteiger partial charge in [0.15, 0.2) is 0 Å². The molecule has 1 aromatic heterocycles. The van der Waals surface area contributed by atoms with Crippen LogP contribution in [0.25, 0.3) is 22.3 Å². The lowest BCUT2D eigenvalue weighted by Crippen LogP contribution is -2.11. The van der Waals surface area contributed by atoms with E-state index in [9.17, 15) is 0 Å². The van der Waals surface area contributed by atoms with E-state index in [1.807, 2.05) is 18.2 Å². The van der Waals surface area contributed by atoms with E-state index >= 15 is 0 Å². The fraction of sp³-hybridized carbons (Fsp3) is 0.176. The van der Waals surface area contributed by atoms with Crippen molar-refractivity contribution in [2.24, 2.45) is 0 Å². The van der Waals surface area contributed by atoms with Crippen molar-refractivity contribution >= 4 is 11.0 Å². The molecule has 0 bridgehead atoms. The maximum atomic E-state index is 5.89. The summed E-state index contributed by atoms with van der Waals surface area (Å²) in [5.41, 5.74) is 3.35. The van der Waals surface area contributed by atoms with Crippen LogP contribution < -0.4 is 5.32 Å². The molecule has 0 saturated carbocycles. The highest BCUT2D eigenvalue weighted by atomic mass is 16.3. The predicted octanol–water partition coefficient (Wildman–Crippen LogP) is 4.21. The summed E-state index contributed by atoms with van der Waals surface area (Å²) in [7, 11) is 0. The average Bonchev–Trinajstić information content (AvgIpc) is 2.89. The smallest absolute Gasteiger partial charge is 0.135 e. The molecule has 2 heteroatoms. The molecule has 0 fully saturated rings. The maximum Gasteiger partial charge on any atom is 0.135 e. The molecule has 0 aliphatic heterocycles. The predicted molar refractivity (Wildman–Crippen MR) is 79.0 cm³/mol. The van der Waals surface area contributed by atoms with Crippen molar-refractivity contribution in [1.82, 2.24) is 5.32 Å². The normalized spacial score (nSPS) is 11.0. The molecule has 0 aliphatic rings. The van der Waals surface area contributed by atoms with Gasteiger partial charge in [-0.05, 0) is 30.3 Å². The van der Waals surface area contributed by atoms with Gasteiger partial charge >= 0.3 is 0 Å². The number of hydrogen-bond donors (Lipinski definition) is 1. The molecule has 19 heavy (non-hydrogen) atoms. The summed E-state index contributed by atoms with van der Waals surface area (Å²) in [6.07, 6.45) is 0. The van der Waals surface area contributed by atoms with Crippen LogP contribution in [0.3, 0.4) is 0 Å². The van der Waals surface area contributed by atoms with Crippen molar-refractivity contribution in [1.29, 1.82) is 0 Å². The lowest BCUT2D eigenvalue weighted by molar-refractivity contribution is 0.631. The molecule has 0 unspecified atom stereocenters. The number of nitrogens with one attached hydrogen (secondary N) is 1. The highest BCUT2D eigenvalue weighted by Gasteiger charge is 2.06. The number of benzene rings is 2. The van der Waals surface area contributed by atoms with Gasteiger partial charge in [0.25, 0.3) is 0 Å². The number of hydrogen-bond acceptors (Lipinski definition) is 2. The van der Waals surface area contributed by atoms with Crippen molar-refractivity contribution in [2.45, 2.75) is 13.5 Å². The van der Waals surface area contributed by atoms with Crippen molar-refractivity contribution in [3.8, 4) is 11.3 Å². The largest absolute Gasteiger partial charge is 0.456 e. The van der Waals surface area contributed by atoms with Gasteiger partial charge in [-0.1, -0.05) is 43.3 Å². The van der Waals surface area contributed by atoms with Gasteiger partial charge in [0, 0.05) is 17.5 Å². The van der Waals surface area contributed by atoms with E-state index in [0.717, 1.165) is 35.4 Å². The van der Waals surface area contributed by atoms with Gasteiger partial charge in [0.2, 0.25) is 0 Å². The van der Waals surface area contributed by atoms with Crippen LogP contribution in [0.15, 0.2) is 59.0 Å². The Labute approximate surface area is 113 Å². The van der Waals surface area contributed by atoms with Crippen LogP contribution in [0, 0.1) is 0 Å². The third kappa shape index (κ3) is 2.54. The van der Waals surface area contributed by atoms with E-state index in [1.54, 1.807) is 0 Å². The van der Waals surface area contributed by atoms with Crippen LogP contribution in [-0.2, 0) is 6.54 Å². The van der Waals surface area contributed by atoms with Crippen molar-refractivity contribution < 1.29 is 4.42 Å². The summed E-state index contributed by atoms with van der Waals surface area (Å²) in [6, 6.07) is 18.7. The van der Waals surface area contributed by atoms with E-state index < -0.39 is 0 Å². The van der Waals surface area contributed by atoms with Gasteiger partial charge in [0.05, 0.1) is 0 Å². The monoisotopic (exact) mass is 251 g/mol. The molecule has 0 radical (unpaired) electrons. The molecule has 1 heterocycles. The summed E-state index contributed by atoms with van der Waals surface area (Å²) in [5.74, 6) is 0.930. The van der Waals surface area contributed by atoms with Gasteiger partial charge in [-0.25, -0.2) is 0 Å². The molecule has 0 atom stereocenters. The van der Waals surface area contributed by atoms with Gasteiger partial charge < -0.3 is 9.73 Å². The molecule has 0 spiro atoms. The van der Waals surface area contributed by atoms with Crippen LogP contribution in [0.1, 0.15) is 12.5 Å². The van der Waals surface area contributed by atoms with E-state index in [-0.39, 0.29) is 0 Å². The second-order valence-electron chi connectivity index (χ2n) is 4.63. The molecule has 96 valence electrons. The van der Waals surface area contributed by atoms with Crippen LogP contribution in [0.2, 0.25) is 0 Å². The van der Waals surface area contributed by atoms with Crippen LogP contribution in [-0.4, -0.2) is 6.54 Å². The summed E-state index contributed by atoms with van der Waals surface area (Å²) in [6.45, 7) is 3.99. The zero-order valence-corrected chi connectivity index (χ0v) is 11.0. The van der Waals surface area contributed by atoms with E-state index in [0.29, 0.717) is 0 Å². The SMILES string of the molecule is CCNCc1cccc(-c2cc3ccccc3o2)c1. The minimum absolute atomic E-state index is 0.893. The summed E-state index contributed by atoms with van der Waals surface area (Å²) < 4.78 is 5.89. The number of rotatable bonds is 4. The minimum atomic E-state index is 0.893. The summed E-state index contributed by atoms with van der Waals surface area (Å²) >= 11 is 0. The zero-order valence-electron chi connectivity index (χ0n) is 11.0. The highest BCUT2D eigenvalue weighted by molar-refractivity contribution is 5.82. The first-order chi connectivity index (χ1) is 9.36. The first kappa shape index (κ1) is 12.0. The Bertz CT molecular complexity index is 651. The molecule has 3 rings (SSSR count). The third-order valence-electron chi connectivity index (χ3n) is 3.22. The second-order valence-corrected chi connectivity index (χ2v) is 4.63. The average molecular weight is 251 g/mol. The maximum absolute atomic E-state index is 5.89. The Morgan fingerprint density at radius 1 is 1.00 bits per heavy atom. The Morgan fingerprint density at radius 2 is 1.89 bits per heavy atom. The second kappa shape index (κ2) is 5.29. The van der Waals surface area contributed by atoms with Crippen molar-refractivity contribution in [3.63, 3.8) is 0 Å². The van der Waals surface area contributed by atoms with Crippen LogP contribution in [0.5, 0.6) is 0 Å². The Hall–Kier alpha value is -2.06. The van der Waals surface area contributed by atoms with Gasteiger partial charge in [-0.15, -0.1) is 0 Å². The third-order valence-corrected chi connectivity index (χ3v) is 3.22. The molecular formula is C17H17NO. The van der Waals surface area contributed by atoms with Gasteiger partial charge in [-0.3, -0.25) is 0 Å². The van der Waals surface area contributed by atoms with E-state index in [4.69, 9.17) is 4.42 Å². The molecule has 0 amide bonds. The molecule has 3 aromatic rings. The summed E-state index contributed by atoms with van der Waals surface area (Å²) in [4.78, 5) is 0. The Morgan fingerprint density at radius 3 is 2.74 bits per heavy atom. The van der Waals surface area contributed by atoms with E-state index in [1.165, 1.54) is 5.56 Å². The molecule has 0 saturated heterocycles. The van der Waals surface area contributed by atoms with Crippen LogP contribution >= 0.6 is 0 Å². The number of fused-ring (bicyclic) bond motifs is 1. The molecular weight excluding hydrogens is 234 g/mol. The van der Waals surface area contributed by atoms with E-state index in [2.05, 4.69) is 48.6 Å². The fourth-order valence-corrected chi connectivity index (χ4v) is 2.23. The topological polar surface area (TPSA) is 25.2 Å². The first-order valence-electron chi connectivity index (χ1n) is 6.65. The number of para-hydroxylation sites is 1. The molecule has 0 aliphatic carbocycles. The van der Waals surface area contributed by atoms with Crippen molar-refractivity contribution in [2.75, 3.05) is 6.54 Å². The molecule has 2 nitrogen and oxygen atoms in total. The highest BCUT2D eigenvalue weighted by Crippen LogP contribution is 2.28.